The van der Waals surface area contributed by atoms with Gasteiger partial charge in [0.25, 0.3) is 0 Å². The van der Waals surface area contributed by atoms with Gasteiger partial charge in [0.15, 0.2) is 0 Å². The van der Waals surface area contributed by atoms with Gasteiger partial charge in [0.1, 0.15) is 24.7 Å². The molecule has 1 aliphatic rings. The predicted octanol–water partition coefficient (Wildman–Crippen LogP) is 3.85. The summed E-state index contributed by atoms with van der Waals surface area (Å²) in [5.74, 6) is 1.71. The molecule has 160 valence electrons. The van der Waals surface area contributed by atoms with Gasteiger partial charge in [-0.25, -0.2) is 0 Å². The summed E-state index contributed by atoms with van der Waals surface area (Å²) in [5, 5.41) is 16.2. The van der Waals surface area contributed by atoms with E-state index in [9.17, 15) is 5.11 Å². The van der Waals surface area contributed by atoms with E-state index in [1.807, 2.05) is 43.4 Å². The van der Waals surface area contributed by atoms with Crippen LogP contribution in [0.4, 0.5) is 5.69 Å². The van der Waals surface area contributed by atoms with E-state index in [0.717, 1.165) is 40.3 Å². The van der Waals surface area contributed by atoms with Crippen molar-refractivity contribution in [3.63, 3.8) is 0 Å². The van der Waals surface area contributed by atoms with Gasteiger partial charge in [-0.3, -0.25) is 0 Å². The van der Waals surface area contributed by atoms with Crippen molar-refractivity contribution >= 4 is 27.5 Å². The topological polar surface area (TPSA) is 69.8 Å². The summed E-state index contributed by atoms with van der Waals surface area (Å²) in [6.45, 7) is 3.19. The van der Waals surface area contributed by atoms with E-state index in [1.165, 1.54) is 10.8 Å². The van der Waals surface area contributed by atoms with Crippen molar-refractivity contribution in [3.8, 4) is 11.5 Å². The maximum atomic E-state index is 10.5. The lowest BCUT2D eigenvalue weighted by Gasteiger charge is -2.28. The Balaban J connectivity index is 1.13. The first kappa shape index (κ1) is 19.7. The SMILES string of the molecule is CN1CCOc2ccc([C@@H](O)CNCCOc3ccc4c(c3)[nH]c3ccccc34)cc21. The Bertz CT molecular complexity index is 1200. The highest BCUT2D eigenvalue weighted by atomic mass is 16.5. The number of aliphatic hydroxyl groups excluding tert-OH is 1. The third kappa shape index (κ3) is 4.04. The highest BCUT2D eigenvalue weighted by molar-refractivity contribution is 6.07. The minimum atomic E-state index is -0.580. The molecule has 0 saturated heterocycles. The lowest BCUT2D eigenvalue weighted by molar-refractivity contribution is 0.172. The van der Waals surface area contributed by atoms with Crippen molar-refractivity contribution in [2.75, 3.05) is 44.8 Å². The molecule has 1 atom stereocenters. The van der Waals surface area contributed by atoms with Crippen molar-refractivity contribution in [1.29, 1.82) is 0 Å². The first-order valence-corrected chi connectivity index (χ1v) is 10.7. The van der Waals surface area contributed by atoms with Crippen LogP contribution in [0.15, 0.2) is 60.7 Å². The average Bonchev–Trinajstić information content (AvgIpc) is 3.16. The van der Waals surface area contributed by atoms with Crippen molar-refractivity contribution in [1.82, 2.24) is 10.3 Å². The summed E-state index contributed by atoms with van der Waals surface area (Å²) in [6, 6.07) is 20.3. The van der Waals surface area contributed by atoms with Gasteiger partial charge >= 0.3 is 0 Å². The number of nitrogens with zero attached hydrogens (tertiary/aromatic N) is 1. The number of H-pyrrole nitrogens is 1. The molecule has 0 unspecified atom stereocenters. The molecule has 0 saturated carbocycles. The van der Waals surface area contributed by atoms with E-state index in [-0.39, 0.29) is 0 Å². The fourth-order valence-electron chi connectivity index (χ4n) is 4.10. The quantitative estimate of drug-likeness (QED) is 0.399. The summed E-state index contributed by atoms with van der Waals surface area (Å²) >= 11 is 0. The molecule has 6 heteroatoms. The minimum Gasteiger partial charge on any atom is -0.492 e. The molecule has 1 aliphatic heterocycles. The van der Waals surface area contributed by atoms with Crippen LogP contribution in [0.25, 0.3) is 21.8 Å². The van der Waals surface area contributed by atoms with Crippen molar-refractivity contribution in [2.24, 2.45) is 0 Å². The zero-order chi connectivity index (χ0) is 21.2. The van der Waals surface area contributed by atoms with Crippen LogP contribution in [0.5, 0.6) is 11.5 Å². The van der Waals surface area contributed by atoms with Crippen LogP contribution in [-0.4, -0.2) is 50.0 Å². The van der Waals surface area contributed by atoms with Crippen molar-refractivity contribution < 1.29 is 14.6 Å². The van der Waals surface area contributed by atoms with Crippen molar-refractivity contribution in [2.45, 2.75) is 6.10 Å². The van der Waals surface area contributed by atoms with Gasteiger partial charge < -0.3 is 29.8 Å². The Hall–Kier alpha value is -3.22. The van der Waals surface area contributed by atoms with Gasteiger partial charge in [0.2, 0.25) is 0 Å². The van der Waals surface area contributed by atoms with Gasteiger partial charge in [0.05, 0.1) is 23.9 Å². The molecule has 6 nitrogen and oxygen atoms in total. The molecule has 5 rings (SSSR count). The van der Waals surface area contributed by atoms with E-state index in [0.29, 0.717) is 26.3 Å². The number of para-hydroxylation sites is 1. The van der Waals surface area contributed by atoms with Crippen LogP contribution in [0.2, 0.25) is 0 Å². The second-order valence-electron chi connectivity index (χ2n) is 7.94. The first-order valence-electron chi connectivity index (χ1n) is 10.7. The summed E-state index contributed by atoms with van der Waals surface area (Å²) in [7, 11) is 2.04. The molecule has 3 N–H and O–H groups in total. The summed E-state index contributed by atoms with van der Waals surface area (Å²) < 4.78 is 11.6. The predicted molar refractivity (Wildman–Crippen MR) is 124 cm³/mol. The zero-order valence-corrected chi connectivity index (χ0v) is 17.6. The fourth-order valence-corrected chi connectivity index (χ4v) is 4.10. The molecule has 0 bridgehead atoms. The Kier molecular flexibility index (Phi) is 5.40. The molecule has 0 amide bonds. The van der Waals surface area contributed by atoms with Gasteiger partial charge in [0, 0.05) is 42.5 Å². The minimum absolute atomic E-state index is 0.466. The third-order valence-corrected chi connectivity index (χ3v) is 5.83. The number of rotatable bonds is 7. The smallest absolute Gasteiger partial charge is 0.142 e. The summed E-state index contributed by atoms with van der Waals surface area (Å²) in [4.78, 5) is 5.59. The largest absolute Gasteiger partial charge is 0.492 e. The van der Waals surface area contributed by atoms with E-state index in [1.54, 1.807) is 0 Å². The number of aromatic amines is 1. The number of aliphatic hydroxyl groups is 1. The van der Waals surface area contributed by atoms with E-state index in [4.69, 9.17) is 9.47 Å². The van der Waals surface area contributed by atoms with Gasteiger partial charge in [-0.05, 0) is 35.9 Å². The Morgan fingerprint density at radius 2 is 1.97 bits per heavy atom. The Morgan fingerprint density at radius 1 is 1.10 bits per heavy atom. The number of likely N-dealkylation sites (N-methyl/N-ethyl adjacent to an activating group) is 1. The Labute approximate surface area is 181 Å². The molecule has 3 aromatic carbocycles. The summed E-state index contributed by atoms with van der Waals surface area (Å²) in [5.41, 5.74) is 4.11. The van der Waals surface area contributed by atoms with E-state index < -0.39 is 6.10 Å². The number of aromatic nitrogens is 1. The normalized spacial score (nSPS) is 14.5. The Morgan fingerprint density at radius 3 is 2.90 bits per heavy atom. The molecule has 0 spiro atoms. The van der Waals surface area contributed by atoms with Crippen LogP contribution < -0.4 is 19.7 Å². The number of ether oxygens (including phenoxy) is 2. The standard InChI is InChI=1S/C25H27N3O3/c1-28-11-13-31-25-9-6-17(14-23(25)28)24(29)16-26-10-12-30-18-7-8-20-19-4-2-3-5-21(19)27-22(20)15-18/h2-9,14-15,24,26-27,29H,10-13,16H2,1H3/t24-/m0/s1. The number of hydrogen-bond donors (Lipinski definition) is 3. The van der Waals surface area contributed by atoms with E-state index >= 15 is 0 Å². The highest BCUT2D eigenvalue weighted by Gasteiger charge is 2.17. The van der Waals surface area contributed by atoms with Crippen LogP contribution in [-0.2, 0) is 0 Å². The number of benzene rings is 3. The second kappa shape index (κ2) is 8.49. The second-order valence-corrected chi connectivity index (χ2v) is 7.94. The van der Waals surface area contributed by atoms with Crippen LogP contribution in [0, 0.1) is 0 Å². The van der Waals surface area contributed by atoms with E-state index in [2.05, 4.69) is 39.5 Å². The maximum absolute atomic E-state index is 10.5. The molecule has 0 aliphatic carbocycles. The molecule has 1 aromatic heterocycles. The highest BCUT2D eigenvalue weighted by Crippen LogP contribution is 2.33. The van der Waals surface area contributed by atoms with Crippen LogP contribution >= 0.6 is 0 Å². The zero-order valence-electron chi connectivity index (χ0n) is 17.6. The van der Waals surface area contributed by atoms with Gasteiger partial charge in [-0.15, -0.1) is 0 Å². The number of nitrogens with one attached hydrogen (secondary N) is 2. The molecule has 0 fully saturated rings. The molecule has 2 heterocycles. The average molecular weight is 418 g/mol. The van der Waals surface area contributed by atoms with Crippen molar-refractivity contribution in [3.05, 3.63) is 66.2 Å². The molecular formula is C25H27N3O3. The molecule has 31 heavy (non-hydrogen) atoms. The lowest BCUT2D eigenvalue weighted by atomic mass is 10.1. The number of fused-ring (bicyclic) bond motifs is 4. The van der Waals surface area contributed by atoms with Gasteiger partial charge in [-0.1, -0.05) is 24.3 Å². The monoisotopic (exact) mass is 417 g/mol. The van der Waals surface area contributed by atoms with Gasteiger partial charge in [-0.2, -0.15) is 0 Å². The number of anilines is 1. The molecule has 0 radical (unpaired) electrons. The fraction of sp³-hybridized carbons (Fsp3) is 0.280. The molecule has 4 aromatic rings. The number of hydrogen-bond acceptors (Lipinski definition) is 5. The van der Waals surface area contributed by atoms with Crippen LogP contribution in [0.3, 0.4) is 0 Å². The first-order chi connectivity index (χ1) is 15.2. The maximum Gasteiger partial charge on any atom is 0.142 e. The molecular weight excluding hydrogens is 390 g/mol. The lowest BCUT2D eigenvalue weighted by Crippen LogP contribution is -2.29. The third-order valence-electron chi connectivity index (χ3n) is 5.83. The van der Waals surface area contributed by atoms with Crippen LogP contribution in [0.1, 0.15) is 11.7 Å². The summed E-state index contributed by atoms with van der Waals surface area (Å²) in [6.07, 6.45) is -0.580.